The summed E-state index contributed by atoms with van der Waals surface area (Å²) < 4.78 is 0. The fourth-order valence-corrected chi connectivity index (χ4v) is 6.64. The van der Waals surface area contributed by atoms with Crippen LogP contribution in [0.3, 0.4) is 0 Å². The normalized spacial score (nSPS) is 20.7. The lowest BCUT2D eigenvalue weighted by Crippen LogP contribution is -2.28. The molecular formula is C36H56O2. The fraction of sp³-hybridized carbons (Fsp3) is 0.667. The smallest absolute Gasteiger partial charge is 0.115 e. The predicted molar refractivity (Wildman–Crippen MR) is 163 cm³/mol. The van der Waals surface area contributed by atoms with E-state index in [9.17, 15) is 10.2 Å². The third-order valence-corrected chi connectivity index (χ3v) is 9.05. The van der Waals surface area contributed by atoms with Crippen molar-refractivity contribution < 1.29 is 10.2 Å². The molecule has 0 saturated heterocycles. The van der Waals surface area contributed by atoms with Gasteiger partial charge in [-0.3, -0.25) is 0 Å². The summed E-state index contributed by atoms with van der Waals surface area (Å²) in [6.45, 7) is 0. The van der Waals surface area contributed by atoms with Gasteiger partial charge in [-0.2, -0.15) is 0 Å². The maximum atomic E-state index is 10.0. The third-order valence-electron chi connectivity index (χ3n) is 9.05. The lowest BCUT2D eigenvalue weighted by Gasteiger charge is -2.36. The number of hydrogen-bond donors (Lipinski definition) is 2. The first-order valence-corrected chi connectivity index (χ1v) is 16.3. The summed E-state index contributed by atoms with van der Waals surface area (Å²) in [7, 11) is 0. The van der Waals surface area contributed by atoms with Gasteiger partial charge in [0.15, 0.2) is 0 Å². The second kappa shape index (κ2) is 18.3. The first kappa shape index (κ1) is 30.6. The van der Waals surface area contributed by atoms with Gasteiger partial charge in [0, 0.05) is 5.41 Å². The molecule has 0 amide bonds. The van der Waals surface area contributed by atoms with Crippen molar-refractivity contribution in [3.63, 3.8) is 0 Å². The van der Waals surface area contributed by atoms with Crippen LogP contribution >= 0.6 is 0 Å². The van der Waals surface area contributed by atoms with E-state index in [0.29, 0.717) is 11.5 Å². The van der Waals surface area contributed by atoms with Crippen LogP contribution in [-0.4, -0.2) is 10.2 Å². The molecule has 0 radical (unpaired) electrons. The molecule has 0 heterocycles. The second-order valence-electron chi connectivity index (χ2n) is 12.1. The molecule has 0 unspecified atom stereocenters. The van der Waals surface area contributed by atoms with Crippen LogP contribution in [0.1, 0.15) is 159 Å². The molecule has 2 N–H and O–H groups in total. The summed E-state index contributed by atoms with van der Waals surface area (Å²) in [4.78, 5) is 0. The SMILES string of the molecule is Oc1ccc(C2(c3ccc(O)cc3)CCCCCCCCCCCCCCCCCCCCCCC2)cc1. The Morgan fingerprint density at radius 2 is 0.526 bits per heavy atom. The Morgan fingerprint density at radius 1 is 0.316 bits per heavy atom. The van der Waals surface area contributed by atoms with Gasteiger partial charge < -0.3 is 10.2 Å². The summed E-state index contributed by atoms with van der Waals surface area (Å²) in [5.41, 5.74) is 2.56. The highest BCUT2D eigenvalue weighted by Crippen LogP contribution is 2.43. The van der Waals surface area contributed by atoms with Gasteiger partial charge in [0.1, 0.15) is 11.5 Å². The predicted octanol–water partition coefficient (Wildman–Crippen LogP) is 11.4. The Morgan fingerprint density at radius 3 is 0.763 bits per heavy atom. The summed E-state index contributed by atoms with van der Waals surface area (Å²) in [5, 5.41) is 20.0. The quantitative estimate of drug-likeness (QED) is 0.413. The van der Waals surface area contributed by atoms with Crippen LogP contribution in [-0.2, 0) is 5.41 Å². The second-order valence-corrected chi connectivity index (χ2v) is 12.1. The van der Waals surface area contributed by atoms with E-state index >= 15 is 0 Å². The van der Waals surface area contributed by atoms with Crippen molar-refractivity contribution in [1.29, 1.82) is 0 Å². The lowest BCUT2D eigenvalue weighted by atomic mass is 9.68. The fourth-order valence-electron chi connectivity index (χ4n) is 6.64. The number of benzene rings is 2. The molecule has 0 atom stereocenters. The highest BCUT2D eigenvalue weighted by atomic mass is 16.3. The van der Waals surface area contributed by atoms with Crippen molar-refractivity contribution in [3.8, 4) is 11.5 Å². The summed E-state index contributed by atoms with van der Waals surface area (Å²) in [6, 6.07) is 15.9. The van der Waals surface area contributed by atoms with Crippen molar-refractivity contribution in [3.05, 3.63) is 59.7 Å². The first-order valence-electron chi connectivity index (χ1n) is 16.3. The zero-order chi connectivity index (χ0) is 26.7. The van der Waals surface area contributed by atoms with Gasteiger partial charge in [-0.25, -0.2) is 0 Å². The number of rotatable bonds is 2. The highest BCUT2D eigenvalue weighted by Gasteiger charge is 2.33. The van der Waals surface area contributed by atoms with E-state index in [1.807, 2.05) is 24.3 Å². The molecular weight excluding hydrogens is 464 g/mol. The largest absolute Gasteiger partial charge is 0.508 e. The molecule has 1 aliphatic rings. The molecule has 212 valence electrons. The van der Waals surface area contributed by atoms with Gasteiger partial charge in [0.2, 0.25) is 0 Å². The van der Waals surface area contributed by atoms with E-state index in [0.717, 1.165) is 12.8 Å². The Labute approximate surface area is 234 Å². The Kier molecular flexibility index (Phi) is 14.8. The average Bonchev–Trinajstić information content (AvgIpc) is 2.93. The molecule has 38 heavy (non-hydrogen) atoms. The highest BCUT2D eigenvalue weighted by molar-refractivity contribution is 5.43. The minimum absolute atomic E-state index is 0.0604. The van der Waals surface area contributed by atoms with Crippen LogP contribution in [0.15, 0.2) is 48.5 Å². The van der Waals surface area contributed by atoms with Crippen LogP contribution < -0.4 is 0 Å². The van der Waals surface area contributed by atoms with Gasteiger partial charge in [0.05, 0.1) is 0 Å². The molecule has 2 aromatic rings. The van der Waals surface area contributed by atoms with Gasteiger partial charge in [-0.1, -0.05) is 159 Å². The summed E-state index contributed by atoms with van der Waals surface area (Å²) in [5.74, 6) is 0.665. The van der Waals surface area contributed by atoms with E-state index in [1.165, 1.54) is 146 Å². The molecule has 0 aromatic heterocycles. The van der Waals surface area contributed by atoms with Gasteiger partial charge in [-0.15, -0.1) is 0 Å². The molecule has 1 saturated carbocycles. The molecule has 1 aliphatic carbocycles. The topological polar surface area (TPSA) is 40.5 Å². The maximum Gasteiger partial charge on any atom is 0.115 e. The van der Waals surface area contributed by atoms with E-state index < -0.39 is 0 Å². The number of phenolic OH excluding ortho intramolecular Hbond substituents is 2. The van der Waals surface area contributed by atoms with Crippen LogP contribution in [0.5, 0.6) is 11.5 Å². The zero-order valence-corrected chi connectivity index (χ0v) is 24.3. The Bertz CT molecular complexity index is 767. The number of aromatic hydroxyl groups is 2. The van der Waals surface area contributed by atoms with Crippen LogP contribution in [0, 0.1) is 0 Å². The third kappa shape index (κ3) is 11.0. The van der Waals surface area contributed by atoms with Gasteiger partial charge >= 0.3 is 0 Å². The summed E-state index contributed by atoms with van der Waals surface area (Å²) >= 11 is 0. The Hall–Kier alpha value is -1.96. The number of hydrogen-bond acceptors (Lipinski definition) is 2. The minimum Gasteiger partial charge on any atom is -0.508 e. The van der Waals surface area contributed by atoms with Crippen molar-refractivity contribution in [2.75, 3.05) is 0 Å². The molecule has 3 rings (SSSR count). The average molecular weight is 521 g/mol. The molecule has 0 spiro atoms. The lowest BCUT2D eigenvalue weighted by molar-refractivity contribution is 0.387. The van der Waals surface area contributed by atoms with Crippen molar-refractivity contribution in [1.82, 2.24) is 0 Å². The minimum atomic E-state index is -0.0604. The molecule has 1 fully saturated rings. The summed E-state index contributed by atoms with van der Waals surface area (Å²) in [6.07, 6.45) is 31.2. The molecule has 0 aliphatic heterocycles. The first-order chi connectivity index (χ1) is 18.7. The molecule has 2 aromatic carbocycles. The zero-order valence-electron chi connectivity index (χ0n) is 24.3. The van der Waals surface area contributed by atoms with Crippen molar-refractivity contribution >= 4 is 0 Å². The maximum absolute atomic E-state index is 10.0. The van der Waals surface area contributed by atoms with E-state index in [-0.39, 0.29) is 5.41 Å². The van der Waals surface area contributed by atoms with Crippen molar-refractivity contribution in [2.24, 2.45) is 0 Å². The van der Waals surface area contributed by atoms with E-state index in [4.69, 9.17) is 0 Å². The van der Waals surface area contributed by atoms with E-state index in [1.54, 1.807) is 0 Å². The van der Waals surface area contributed by atoms with Crippen LogP contribution in [0.25, 0.3) is 0 Å². The Balaban J connectivity index is 1.66. The molecule has 2 heteroatoms. The molecule has 2 nitrogen and oxygen atoms in total. The standard InChI is InChI=1S/C36H56O2/c37-34-26-22-32(23-27-34)36(33-24-28-35(38)29-25-33)30-20-18-16-14-12-10-8-6-4-2-1-3-5-7-9-11-13-15-17-19-21-31-36/h22-29,37-38H,1-21,30-31H2. The molecule has 0 bridgehead atoms. The monoisotopic (exact) mass is 520 g/mol. The van der Waals surface area contributed by atoms with Gasteiger partial charge in [-0.05, 0) is 48.2 Å². The van der Waals surface area contributed by atoms with Gasteiger partial charge in [0.25, 0.3) is 0 Å². The van der Waals surface area contributed by atoms with Crippen LogP contribution in [0.4, 0.5) is 0 Å². The van der Waals surface area contributed by atoms with Crippen molar-refractivity contribution in [2.45, 2.75) is 153 Å². The van der Waals surface area contributed by atoms with Crippen LogP contribution in [0.2, 0.25) is 0 Å². The van der Waals surface area contributed by atoms with E-state index in [2.05, 4.69) is 24.3 Å². The number of phenols is 2.